The number of aliphatic hydroxyl groups excluding tert-OH is 1. The molecule has 3 aromatic rings. The van der Waals surface area contributed by atoms with Crippen LogP contribution in [0.3, 0.4) is 0 Å². The maximum atomic E-state index is 13.7. The first-order valence-electron chi connectivity index (χ1n) is 7.25. The van der Waals surface area contributed by atoms with E-state index >= 15 is 0 Å². The van der Waals surface area contributed by atoms with Gasteiger partial charge in [0, 0.05) is 25.3 Å². The summed E-state index contributed by atoms with van der Waals surface area (Å²) in [5.41, 5.74) is 1.32. The van der Waals surface area contributed by atoms with E-state index < -0.39 is 0 Å². The van der Waals surface area contributed by atoms with Gasteiger partial charge in [0.15, 0.2) is 5.65 Å². The number of anilines is 1. The molecule has 0 aliphatic rings. The highest BCUT2D eigenvalue weighted by Gasteiger charge is 2.12. The second-order valence-electron chi connectivity index (χ2n) is 5.30. The van der Waals surface area contributed by atoms with Crippen LogP contribution in [0.15, 0.2) is 47.2 Å². The number of hydrogen-bond acceptors (Lipinski definition) is 4. The van der Waals surface area contributed by atoms with Crippen molar-refractivity contribution in [3.8, 4) is 0 Å². The van der Waals surface area contributed by atoms with E-state index in [0.29, 0.717) is 30.0 Å². The minimum atomic E-state index is -0.242. The van der Waals surface area contributed by atoms with Crippen molar-refractivity contribution < 1.29 is 9.50 Å². The fourth-order valence-electron chi connectivity index (χ4n) is 2.36. The van der Waals surface area contributed by atoms with Crippen LogP contribution in [0.25, 0.3) is 5.65 Å². The van der Waals surface area contributed by atoms with Crippen molar-refractivity contribution in [3.63, 3.8) is 0 Å². The van der Waals surface area contributed by atoms with E-state index in [2.05, 4.69) is 31.3 Å². The molecule has 0 fully saturated rings. The first kappa shape index (κ1) is 15.9. The zero-order valence-corrected chi connectivity index (χ0v) is 13.9. The van der Waals surface area contributed by atoms with Crippen molar-refractivity contribution in [3.05, 3.63) is 58.6 Å². The van der Waals surface area contributed by atoms with Crippen LogP contribution in [0.2, 0.25) is 0 Å². The first-order valence-corrected chi connectivity index (χ1v) is 8.04. The summed E-state index contributed by atoms with van der Waals surface area (Å²) in [4.78, 5) is 4.45. The molecule has 23 heavy (non-hydrogen) atoms. The Morgan fingerprint density at radius 3 is 2.91 bits per heavy atom. The van der Waals surface area contributed by atoms with Crippen LogP contribution in [0.5, 0.6) is 0 Å². The third kappa shape index (κ3) is 3.68. The lowest BCUT2D eigenvalue weighted by atomic mass is 9.99. The maximum Gasteiger partial charge on any atom is 0.171 e. The molecule has 2 heterocycles. The number of nitrogens with zero attached hydrogens (tertiary/aromatic N) is 3. The number of fused-ring (bicyclic) bond motifs is 1. The second-order valence-corrected chi connectivity index (χ2v) is 6.15. The Kier molecular flexibility index (Phi) is 4.88. The SMILES string of the molecule is OCC(CNc1ccn2ncc(Br)c2n1)Cc1ccccc1F. The Balaban J connectivity index is 1.67. The number of hydrogen-bond donors (Lipinski definition) is 2. The quantitative estimate of drug-likeness (QED) is 0.692. The Labute approximate surface area is 141 Å². The summed E-state index contributed by atoms with van der Waals surface area (Å²) >= 11 is 3.39. The van der Waals surface area contributed by atoms with Crippen molar-refractivity contribution >= 4 is 27.4 Å². The van der Waals surface area contributed by atoms with E-state index in [1.54, 1.807) is 35.1 Å². The zero-order valence-electron chi connectivity index (χ0n) is 12.3. The normalized spacial score (nSPS) is 12.5. The van der Waals surface area contributed by atoms with Gasteiger partial charge in [-0.25, -0.2) is 13.9 Å². The van der Waals surface area contributed by atoms with Gasteiger partial charge in [-0.05, 0) is 40.0 Å². The van der Waals surface area contributed by atoms with Gasteiger partial charge in [-0.1, -0.05) is 18.2 Å². The number of halogens is 2. The maximum absolute atomic E-state index is 13.7. The molecule has 0 radical (unpaired) electrons. The predicted octanol–water partition coefficient (Wildman–Crippen LogP) is 2.89. The third-order valence-electron chi connectivity index (χ3n) is 3.62. The van der Waals surface area contributed by atoms with E-state index in [9.17, 15) is 9.50 Å². The number of rotatable bonds is 6. The fourth-order valence-corrected chi connectivity index (χ4v) is 2.73. The Morgan fingerprint density at radius 2 is 2.13 bits per heavy atom. The molecule has 5 nitrogen and oxygen atoms in total. The molecule has 7 heteroatoms. The van der Waals surface area contributed by atoms with Gasteiger partial charge < -0.3 is 10.4 Å². The van der Waals surface area contributed by atoms with Crippen LogP contribution in [0, 0.1) is 11.7 Å². The van der Waals surface area contributed by atoms with E-state index in [0.717, 1.165) is 4.47 Å². The molecule has 0 saturated heterocycles. The van der Waals surface area contributed by atoms with E-state index in [1.807, 2.05) is 6.07 Å². The number of benzene rings is 1. The number of aromatic nitrogens is 3. The average molecular weight is 379 g/mol. The lowest BCUT2D eigenvalue weighted by molar-refractivity contribution is 0.231. The molecule has 0 aliphatic carbocycles. The summed E-state index contributed by atoms with van der Waals surface area (Å²) < 4.78 is 16.2. The molecule has 1 aromatic carbocycles. The zero-order chi connectivity index (χ0) is 16.2. The van der Waals surface area contributed by atoms with Gasteiger partial charge >= 0.3 is 0 Å². The van der Waals surface area contributed by atoms with Gasteiger partial charge in [-0.2, -0.15) is 5.10 Å². The van der Waals surface area contributed by atoms with Crippen LogP contribution in [-0.2, 0) is 6.42 Å². The second kappa shape index (κ2) is 7.06. The summed E-state index contributed by atoms with van der Waals surface area (Å²) in [7, 11) is 0. The molecule has 1 unspecified atom stereocenters. The molecule has 2 N–H and O–H groups in total. The summed E-state index contributed by atoms with van der Waals surface area (Å²) in [6, 6.07) is 8.44. The minimum absolute atomic E-state index is 0.0278. The predicted molar refractivity (Wildman–Crippen MR) is 89.9 cm³/mol. The van der Waals surface area contributed by atoms with E-state index in [1.165, 1.54) is 6.07 Å². The number of aliphatic hydroxyl groups is 1. The van der Waals surface area contributed by atoms with Gasteiger partial charge in [-0.15, -0.1) is 0 Å². The van der Waals surface area contributed by atoms with E-state index in [-0.39, 0.29) is 18.3 Å². The smallest absolute Gasteiger partial charge is 0.171 e. The number of nitrogens with one attached hydrogen (secondary N) is 1. The first-order chi connectivity index (χ1) is 11.2. The van der Waals surface area contributed by atoms with E-state index in [4.69, 9.17) is 0 Å². The Morgan fingerprint density at radius 1 is 1.30 bits per heavy atom. The summed E-state index contributed by atoms with van der Waals surface area (Å²) in [6.07, 6.45) is 3.95. The highest BCUT2D eigenvalue weighted by molar-refractivity contribution is 9.10. The Hall–Kier alpha value is -1.99. The largest absolute Gasteiger partial charge is 0.396 e. The lowest BCUT2D eigenvalue weighted by Gasteiger charge is -2.16. The molecular weight excluding hydrogens is 363 g/mol. The molecule has 0 saturated carbocycles. The Bertz CT molecular complexity index is 808. The summed E-state index contributed by atoms with van der Waals surface area (Å²) in [6.45, 7) is 0.472. The van der Waals surface area contributed by atoms with Gasteiger partial charge in [0.25, 0.3) is 0 Å². The van der Waals surface area contributed by atoms with Crippen molar-refractivity contribution in [2.75, 3.05) is 18.5 Å². The highest BCUT2D eigenvalue weighted by Crippen LogP contribution is 2.18. The van der Waals surface area contributed by atoms with Crippen LogP contribution in [-0.4, -0.2) is 32.9 Å². The standard InChI is InChI=1S/C16H16BrFN4O/c17-13-9-20-22-6-5-15(21-16(13)22)19-8-11(10-23)7-12-3-1-2-4-14(12)18/h1-6,9,11,23H,7-8,10H2,(H,19,21). The third-order valence-corrected chi connectivity index (χ3v) is 4.18. The topological polar surface area (TPSA) is 62.5 Å². The van der Waals surface area contributed by atoms with Crippen LogP contribution in [0.1, 0.15) is 5.56 Å². The van der Waals surface area contributed by atoms with Crippen molar-refractivity contribution in [2.45, 2.75) is 6.42 Å². The molecule has 1 atom stereocenters. The molecule has 0 amide bonds. The van der Waals surface area contributed by atoms with Gasteiger partial charge in [-0.3, -0.25) is 0 Å². The van der Waals surface area contributed by atoms with Crippen molar-refractivity contribution in [1.29, 1.82) is 0 Å². The minimum Gasteiger partial charge on any atom is -0.396 e. The molecule has 120 valence electrons. The molecular formula is C16H16BrFN4O. The van der Waals surface area contributed by atoms with Crippen molar-refractivity contribution in [2.24, 2.45) is 5.92 Å². The van der Waals surface area contributed by atoms with Gasteiger partial charge in [0.05, 0.1) is 10.7 Å². The molecule has 2 aromatic heterocycles. The van der Waals surface area contributed by atoms with Crippen molar-refractivity contribution in [1.82, 2.24) is 14.6 Å². The summed E-state index contributed by atoms with van der Waals surface area (Å²) in [5.74, 6) is 0.345. The molecule has 3 rings (SSSR count). The lowest BCUT2D eigenvalue weighted by Crippen LogP contribution is -2.21. The average Bonchev–Trinajstić information content (AvgIpc) is 2.94. The molecule has 0 aliphatic heterocycles. The molecule has 0 bridgehead atoms. The fraction of sp³-hybridized carbons (Fsp3) is 0.250. The van der Waals surface area contributed by atoms with Gasteiger partial charge in [0.2, 0.25) is 0 Å². The van der Waals surface area contributed by atoms with Crippen LogP contribution in [0.4, 0.5) is 10.2 Å². The summed E-state index contributed by atoms with van der Waals surface area (Å²) in [5, 5.41) is 16.9. The van der Waals surface area contributed by atoms with Gasteiger partial charge in [0.1, 0.15) is 11.6 Å². The molecule has 0 spiro atoms. The van der Waals surface area contributed by atoms with Crippen LogP contribution >= 0.6 is 15.9 Å². The van der Waals surface area contributed by atoms with Crippen LogP contribution < -0.4 is 5.32 Å². The highest BCUT2D eigenvalue weighted by atomic mass is 79.9. The monoisotopic (exact) mass is 378 g/mol.